The molecule has 0 fully saturated rings. The average Bonchev–Trinajstić information content (AvgIpc) is 3.24. The first-order valence-corrected chi connectivity index (χ1v) is 8.54. The largest absolute Gasteiger partial charge is 0.467 e. The van der Waals surface area contributed by atoms with Gasteiger partial charge in [0.2, 0.25) is 0 Å². The predicted molar refractivity (Wildman–Crippen MR) is 102 cm³/mol. The van der Waals surface area contributed by atoms with E-state index in [1.807, 2.05) is 72.8 Å². The molecule has 0 atom stereocenters. The smallest absolute Gasteiger partial charge is 0.264 e. The molecule has 0 aliphatic rings. The van der Waals surface area contributed by atoms with Gasteiger partial charge in [-0.3, -0.25) is 4.79 Å². The molecule has 0 saturated heterocycles. The minimum atomic E-state index is -0.442. The summed E-state index contributed by atoms with van der Waals surface area (Å²) < 4.78 is 5.21. The zero-order valence-electron chi connectivity index (χ0n) is 14.6. The van der Waals surface area contributed by atoms with E-state index in [0.717, 1.165) is 16.9 Å². The molecule has 1 aromatic heterocycles. The van der Waals surface area contributed by atoms with Crippen LogP contribution in [0, 0.1) is 11.3 Å². The van der Waals surface area contributed by atoms with Gasteiger partial charge in [0.05, 0.1) is 18.8 Å². The van der Waals surface area contributed by atoms with Gasteiger partial charge < -0.3 is 15.1 Å². The lowest BCUT2D eigenvalue weighted by atomic mass is 9.98. The second kappa shape index (κ2) is 9.07. The number of carbonyl (C=O) groups excluding carboxylic acids is 1. The minimum absolute atomic E-state index is 0.00146. The number of nitrogens with one attached hydrogen (secondary N) is 2. The number of rotatable bonds is 7. The number of nitriles is 1. The van der Waals surface area contributed by atoms with Crippen molar-refractivity contribution in [3.8, 4) is 6.07 Å². The van der Waals surface area contributed by atoms with Crippen molar-refractivity contribution < 1.29 is 9.21 Å². The van der Waals surface area contributed by atoms with E-state index < -0.39 is 5.91 Å². The van der Waals surface area contributed by atoms with Crippen LogP contribution in [0.3, 0.4) is 0 Å². The van der Waals surface area contributed by atoms with Crippen LogP contribution in [0.15, 0.2) is 95.2 Å². The van der Waals surface area contributed by atoms with Crippen LogP contribution in [-0.2, 0) is 11.3 Å². The maximum atomic E-state index is 12.7. The van der Waals surface area contributed by atoms with Crippen molar-refractivity contribution in [3.63, 3.8) is 0 Å². The first-order chi connectivity index (χ1) is 13.3. The summed E-state index contributed by atoms with van der Waals surface area (Å²) in [6, 6.07) is 24.5. The standard InChI is InChI=1S/C22H19N3O2/c23-14-19(15-24-16-20-12-7-13-27-20)22(26)25-21(17-8-3-1-4-9-17)18-10-5-2-6-11-18/h1-13,15,21,24H,16H2,(H,25,26)/b19-15-. The molecule has 134 valence electrons. The fourth-order valence-electron chi connectivity index (χ4n) is 2.67. The van der Waals surface area contributed by atoms with Crippen LogP contribution in [0.4, 0.5) is 0 Å². The normalized spacial score (nSPS) is 11.0. The molecule has 0 aliphatic heterocycles. The number of furan rings is 1. The molecule has 3 rings (SSSR count). The Kier molecular flexibility index (Phi) is 6.05. The predicted octanol–water partition coefficient (Wildman–Crippen LogP) is 3.68. The van der Waals surface area contributed by atoms with Gasteiger partial charge in [0.15, 0.2) is 0 Å². The van der Waals surface area contributed by atoms with Gasteiger partial charge in [-0.25, -0.2) is 0 Å². The molecule has 0 aliphatic carbocycles. The van der Waals surface area contributed by atoms with Gasteiger partial charge in [0, 0.05) is 6.20 Å². The Morgan fingerprint density at radius 2 is 1.63 bits per heavy atom. The zero-order chi connectivity index (χ0) is 18.9. The first kappa shape index (κ1) is 18.0. The summed E-state index contributed by atoms with van der Waals surface area (Å²) in [4.78, 5) is 12.7. The van der Waals surface area contributed by atoms with Crippen LogP contribution in [0.2, 0.25) is 0 Å². The van der Waals surface area contributed by atoms with E-state index in [2.05, 4.69) is 10.6 Å². The summed E-state index contributed by atoms with van der Waals surface area (Å²) in [5.74, 6) is 0.276. The van der Waals surface area contributed by atoms with E-state index in [1.165, 1.54) is 6.20 Å². The second-order valence-corrected chi connectivity index (χ2v) is 5.86. The van der Waals surface area contributed by atoms with Gasteiger partial charge in [0.1, 0.15) is 17.4 Å². The third-order valence-corrected chi connectivity index (χ3v) is 4.01. The first-order valence-electron chi connectivity index (χ1n) is 8.54. The van der Waals surface area contributed by atoms with Crippen molar-refractivity contribution in [3.05, 3.63) is 108 Å². The second-order valence-electron chi connectivity index (χ2n) is 5.86. The Balaban J connectivity index is 1.76. The molecular formula is C22H19N3O2. The van der Waals surface area contributed by atoms with Crippen LogP contribution in [0.5, 0.6) is 0 Å². The number of hydrogen-bond acceptors (Lipinski definition) is 4. The van der Waals surface area contributed by atoms with Gasteiger partial charge in [-0.05, 0) is 23.3 Å². The van der Waals surface area contributed by atoms with Gasteiger partial charge in [-0.1, -0.05) is 60.7 Å². The minimum Gasteiger partial charge on any atom is -0.467 e. The molecule has 0 spiro atoms. The number of hydrogen-bond donors (Lipinski definition) is 2. The molecule has 0 bridgehead atoms. The fourth-order valence-corrected chi connectivity index (χ4v) is 2.67. The zero-order valence-corrected chi connectivity index (χ0v) is 14.6. The lowest BCUT2D eigenvalue weighted by molar-refractivity contribution is -0.117. The molecule has 0 radical (unpaired) electrons. The summed E-state index contributed by atoms with van der Waals surface area (Å²) in [6.07, 6.45) is 2.98. The van der Waals surface area contributed by atoms with E-state index in [0.29, 0.717) is 6.54 Å². The number of nitrogens with zero attached hydrogens (tertiary/aromatic N) is 1. The summed E-state index contributed by atoms with van der Waals surface area (Å²) >= 11 is 0. The maximum absolute atomic E-state index is 12.7. The van der Waals surface area contributed by atoms with E-state index in [4.69, 9.17) is 4.42 Å². The van der Waals surface area contributed by atoms with Crippen LogP contribution in [0.1, 0.15) is 22.9 Å². The molecule has 1 heterocycles. The van der Waals surface area contributed by atoms with E-state index in [9.17, 15) is 10.1 Å². The van der Waals surface area contributed by atoms with E-state index in [-0.39, 0.29) is 11.6 Å². The van der Waals surface area contributed by atoms with Gasteiger partial charge in [-0.15, -0.1) is 0 Å². The topological polar surface area (TPSA) is 78.1 Å². The summed E-state index contributed by atoms with van der Waals surface area (Å²) in [5, 5.41) is 15.2. The molecule has 1 amide bonds. The van der Waals surface area contributed by atoms with Crippen molar-refractivity contribution in [1.82, 2.24) is 10.6 Å². The number of carbonyl (C=O) groups is 1. The molecule has 2 N–H and O–H groups in total. The number of amides is 1. The van der Waals surface area contributed by atoms with Gasteiger partial charge in [-0.2, -0.15) is 5.26 Å². The molecule has 0 unspecified atom stereocenters. The van der Waals surface area contributed by atoms with Crippen molar-refractivity contribution in [2.45, 2.75) is 12.6 Å². The van der Waals surface area contributed by atoms with Crippen molar-refractivity contribution in [2.75, 3.05) is 0 Å². The Labute approximate surface area is 157 Å². The SMILES string of the molecule is N#C/C(=C/NCc1ccco1)C(=O)NC(c1ccccc1)c1ccccc1. The summed E-state index contributed by atoms with van der Waals surface area (Å²) in [6.45, 7) is 0.395. The van der Waals surface area contributed by atoms with E-state index in [1.54, 1.807) is 12.3 Å². The highest BCUT2D eigenvalue weighted by molar-refractivity contribution is 5.97. The highest BCUT2D eigenvalue weighted by Gasteiger charge is 2.19. The highest BCUT2D eigenvalue weighted by atomic mass is 16.3. The van der Waals surface area contributed by atoms with Crippen molar-refractivity contribution >= 4 is 5.91 Å². The molecule has 2 aromatic carbocycles. The monoisotopic (exact) mass is 357 g/mol. The summed E-state index contributed by atoms with van der Waals surface area (Å²) in [5.41, 5.74) is 1.88. The molecule has 5 nitrogen and oxygen atoms in total. The Morgan fingerprint density at radius 3 is 2.15 bits per heavy atom. The lowest BCUT2D eigenvalue weighted by Gasteiger charge is -2.19. The van der Waals surface area contributed by atoms with Crippen LogP contribution < -0.4 is 10.6 Å². The molecule has 5 heteroatoms. The summed E-state index contributed by atoms with van der Waals surface area (Å²) in [7, 11) is 0. The lowest BCUT2D eigenvalue weighted by Crippen LogP contribution is -2.30. The molecular weight excluding hydrogens is 338 g/mol. The van der Waals surface area contributed by atoms with Crippen molar-refractivity contribution in [2.24, 2.45) is 0 Å². The van der Waals surface area contributed by atoms with Crippen molar-refractivity contribution in [1.29, 1.82) is 5.26 Å². The molecule has 0 saturated carbocycles. The Bertz CT molecular complexity index is 887. The quantitative estimate of drug-likeness (QED) is 0.499. The van der Waals surface area contributed by atoms with Crippen LogP contribution in [-0.4, -0.2) is 5.91 Å². The number of benzene rings is 2. The third kappa shape index (κ3) is 4.86. The van der Waals surface area contributed by atoms with Crippen LogP contribution >= 0.6 is 0 Å². The average molecular weight is 357 g/mol. The molecule has 27 heavy (non-hydrogen) atoms. The highest BCUT2D eigenvalue weighted by Crippen LogP contribution is 2.22. The Morgan fingerprint density at radius 1 is 1.00 bits per heavy atom. The van der Waals surface area contributed by atoms with Gasteiger partial charge in [0.25, 0.3) is 5.91 Å². The van der Waals surface area contributed by atoms with E-state index >= 15 is 0 Å². The fraction of sp³-hybridized carbons (Fsp3) is 0.0909. The van der Waals surface area contributed by atoms with Gasteiger partial charge >= 0.3 is 0 Å². The van der Waals surface area contributed by atoms with Crippen LogP contribution in [0.25, 0.3) is 0 Å². The Hall–Kier alpha value is -3.78. The molecule has 3 aromatic rings. The third-order valence-electron chi connectivity index (χ3n) is 4.01. The maximum Gasteiger partial charge on any atom is 0.264 e.